The number of hydrogen-bond acceptors (Lipinski definition) is 3. The van der Waals surface area contributed by atoms with Gasteiger partial charge in [-0.3, -0.25) is 9.59 Å². The maximum Gasteiger partial charge on any atom is 0.265 e. The number of nitrogens with zero attached hydrogens (tertiary/aromatic N) is 1. The minimum absolute atomic E-state index is 0.159. The van der Waals surface area contributed by atoms with Crippen molar-refractivity contribution in [2.45, 2.75) is 33.1 Å². The van der Waals surface area contributed by atoms with E-state index in [0.29, 0.717) is 22.0 Å². The average molecular weight is 412 g/mol. The van der Waals surface area contributed by atoms with Crippen LogP contribution in [0.1, 0.15) is 57.2 Å². The lowest BCUT2D eigenvalue weighted by Crippen LogP contribution is -2.12. The molecule has 0 amide bonds. The molecule has 0 unspecified atom stereocenters. The van der Waals surface area contributed by atoms with E-state index in [9.17, 15) is 14.7 Å². The van der Waals surface area contributed by atoms with Gasteiger partial charge in [0.05, 0.1) is 11.1 Å². The van der Waals surface area contributed by atoms with Crippen molar-refractivity contribution in [3.63, 3.8) is 0 Å². The molecular weight excluding hydrogens is 386 g/mol. The zero-order valence-electron chi connectivity index (χ0n) is 17.8. The summed E-state index contributed by atoms with van der Waals surface area (Å²) >= 11 is 0. The summed E-state index contributed by atoms with van der Waals surface area (Å²) in [7, 11) is 0. The van der Waals surface area contributed by atoms with Crippen molar-refractivity contribution in [2.24, 2.45) is 0 Å². The molecule has 0 bridgehead atoms. The van der Waals surface area contributed by atoms with Gasteiger partial charge in [0.15, 0.2) is 5.78 Å². The van der Waals surface area contributed by atoms with Gasteiger partial charge in [-0.05, 0) is 55.2 Å². The Labute approximate surface area is 181 Å². The second-order valence-corrected chi connectivity index (χ2v) is 7.86. The quantitative estimate of drug-likeness (QED) is 0.401. The second kappa shape index (κ2) is 8.60. The second-order valence-electron chi connectivity index (χ2n) is 7.86. The molecular formula is C27H25NO3. The van der Waals surface area contributed by atoms with E-state index >= 15 is 0 Å². The predicted molar refractivity (Wildman–Crippen MR) is 123 cm³/mol. The van der Waals surface area contributed by atoms with E-state index < -0.39 is 0 Å². The highest BCUT2D eigenvalue weighted by atomic mass is 16.3. The molecule has 1 heterocycles. The lowest BCUT2D eigenvalue weighted by molar-refractivity contribution is 0.0956. The van der Waals surface area contributed by atoms with Crippen molar-refractivity contribution >= 4 is 22.6 Å². The van der Waals surface area contributed by atoms with Gasteiger partial charge in [-0.15, -0.1) is 0 Å². The van der Waals surface area contributed by atoms with E-state index in [1.165, 1.54) is 4.57 Å². The summed E-state index contributed by atoms with van der Waals surface area (Å²) in [5.41, 5.74) is 3.66. The van der Waals surface area contributed by atoms with Gasteiger partial charge in [0, 0.05) is 16.5 Å². The van der Waals surface area contributed by atoms with Crippen LogP contribution in [0.25, 0.3) is 10.9 Å². The molecule has 1 aromatic heterocycles. The highest BCUT2D eigenvalue weighted by Crippen LogP contribution is 2.34. The minimum atomic E-state index is -0.371. The Morgan fingerprint density at radius 1 is 0.903 bits per heavy atom. The van der Waals surface area contributed by atoms with Crippen molar-refractivity contribution in [3.05, 3.63) is 101 Å². The number of aryl methyl sites for hydroxylation is 2. The van der Waals surface area contributed by atoms with E-state index in [1.54, 1.807) is 36.4 Å². The van der Waals surface area contributed by atoms with Crippen LogP contribution in [0, 0.1) is 6.92 Å². The summed E-state index contributed by atoms with van der Waals surface area (Å²) in [6, 6.07) is 21.8. The van der Waals surface area contributed by atoms with Crippen LogP contribution in [0.4, 0.5) is 0 Å². The molecule has 0 spiro atoms. The Kier molecular flexibility index (Phi) is 5.72. The maximum absolute atomic E-state index is 13.5. The monoisotopic (exact) mass is 411 g/mol. The third-order valence-electron chi connectivity index (χ3n) is 5.56. The Bertz CT molecular complexity index is 1270. The number of unbranched alkanes of at least 4 members (excludes halogenated alkanes) is 1. The molecule has 0 fully saturated rings. The van der Waals surface area contributed by atoms with E-state index in [-0.39, 0.29) is 23.1 Å². The molecule has 0 atom stereocenters. The molecule has 0 aliphatic carbocycles. The largest absolute Gasteiger partial charge is 0.494 e. The number of carbonyl (C=O) groups is 2. The molecule has 3 aromatic carbocycles. The molecule has 0 aliphatic rings. The number of ketones is 1. The first-order valence-electron chi connectivity index (χ1n) is 10.6. The summed E-state index contributed by atoms with van der Waals surface area (Å²) in [5, 5.41) is 11.7. The lowest BCUT2D eigenvalue weighted by atomic mass is 9.98. The number of aromatic hydroxyl groups is 1. The third-order valence-corrected chi connectivity index (χ3v) is 5.56. The summed E-state index contributed by atoms with van der Waals surface area (Å²) in [5.74, 6) is -0.979. The summed E-state index contributed by atoms with van der Waals surface area (Å²) in [6.45, 7) is 4.05. The van der Waals surface area contributed by atoms with Crippen LogP contribution in [0.15, 0.2) is 72.8 Å². The first-order valence-corrected chi connectivity index (χ1v) is 10.6. The molecule has 0 radical (unpaired) electrons. The fourth-order valence-electron chi connectivity index (χ4n) is 3.92. The molecule has 31 heavy (non-hydrogen) atoms. The number of hydrogen-bond donors (Lipinski definition) is 1. The van der Waals surface area contributed by atoms with Crippen LogP contribution in [0.2, 0.25) is 0 Å². The van der Waals surface area contributed by atoms with Crippen molar-refractivity contribution in [1.29, 1.82) is 0 Å². The van der Waals surface area contributed by atoms with E-state index in [1.807, 2.05) is 43.3 Å². The van der Waals surface area contributed by atoms with Crippen LogP contribution in [-0.2, 0) is 6.42 Å². The van der Waals surface area contributed by atoms with Crippen LogP contribution in [-0.4, -0.2) is 21.4 Å². The number of aromatic nitrogens is 1. The van der Waals surface area contributed by atoms with Crippen LogP contribution < -0.4 is 0 Å². The number of rotatable bonds is 6. The van der Waals surface area contributed by atoms with Gasteiger partial charge in [0.25, 0.3) is 5.91 Å². The standard InChI is InChI=1S/C27H25NO3/c1-3-4-9-19-10-8-13-21(17-19)25(29)24-22-15-14-18(2)16-23(22)28(27(24)31)26(30)20-11-6-5-7-12-20/h5-8,10-17,31H,3-4,9H2,1-2H3. The minimum Gasteiger partial charge on any atom is -0.494 e. The fourth-order valence-corrected chi connectivity index (χ4v) is 3.92. The van der Waals surface area contributed by atoms with Gasteiger partial charge in [-0.2, -0.15) is 0 Å². The van der Waals surface area contributed by atoms with Crippen LogP contribution >= 0.6 is 0 Å². The summed E-state index contributed by atoms with van der Waals surface area (Å²) < 4.78 is 1.24. The first-order chi connectivity index (χ1) is 15.0. The van der Waals surface area contributed by atoms with E-state index in [0.717, 1.165) is 30.4 Å². The fraction of sp³-hybridized carbons (Fsp3) is 0.185. The molecule has 0 saturated heterocycles. The third kappa shape index (κ3) is 3.89. The van der Waals surface area contributed by atoms with Crippen molar-refractivity contribution < 1.29 is 14.7 Å². The lowest BCUT2D eigenvalue weighted by Gasteiger charge is -2.07. The highest BCUT2D eigenvalue weighted by Gasteiger charge is 2.27. The van der Waals surface area contributed by atoms with Crippen molar-refractivity contribution in [3.8, 4) is 5.88 Å². The molecule has 0 aliphatic heterocycles. The topological polar surface area (TPSA) is 59.3 Å². The zero-order valence-corrected chi connectivity index (χ0v) is 17.8. The molecule has 4 heteroatoms. The number of benzene rings is 3. The Morgan fingerprint density at radius 2 is 1.65 bits per heavy atom. The predicted octanol–water partition coefficient (Wildman–Crippen LogP) is 5.92. The van der Waals surface area contributed by atoms with E-state index in [2.05, 4.69) is 6.92 Å². The van der Waals surface area contributed by atoms with Crippen molar-refractivity contribution in [2.75, 3.05) is 0 Å². The zero-order chi connectivity index (χ0) is 22.0. The smallest absolute Gasteiger partial charge is 0.265 e. The molecule has 1 N–H and O–H groups in total. The Hall–Kier alpha value is -3.66. The van der Waals surface area contributed by atoms with Gasteiger partial charge < -0.3 is 5.11 Å². The van der Waals surface area contributed by atoms with Gasteiger partial charge in [-0.1, -0.05) is 61.9 Å². The van der Waals surface area contributed by atoms with Gasteiger partial charge in [0.2, 0.25) is 5.88 Å². The van der Waals surface area contributed by atoms with Gasteiger partial charge in [0.1, 0.15) is 0 Å². The van der Waals surface area contributed by atoms with Crippen molar-refractivity contribution in [1.82, 2.24) is 4.57 Å². The number of carbonyl (C=O) groups excluding carboxylic acids is 2. The molecule has 4 aromatic rings. The van der Waals surface area contributed by atoms with Gasteiger partial charge in [-0.25, -0.2) is 4.57 Å². The van der Waals surface area contributed by atoms with Crippen LogP contribution in [0.3, 0.4) is 0 Å². The Balaban J connectivity index is 1.87. The molecule has 0 saturated carbocycles. The molecule has 4 nitrogen and oxygen atoms in total. The SMILES string of the molecule is CCCCc1cccc(C(=O)c2c(O)n(C(=O)c3ccccc3)c3cc(C)ccc23)c1. The summed E-state index contributed by atoms with van der Waals surface area (Å²) in [6.07, 6.45) is 3.03. The van der Waals surface area contributed by atoms with Gasteiger partial charge >= 0.3 is 0 Å². The Morgan fingerprint density at radius 3 is 2.39 bits per heavy atom. The number of fused-ring (bicyclic) bond motifs is 1. The molecule has 4 rings (SSSR count). The molecule has 156 valence electrons. The normalized spacial score (nSPS) is 11.0. The van der Waals surface area contributed by atoms with Crippen LogP contribution in [0.5, 0.6) is 5.88 Å². The van der Waals surface area contributed by atoms with E-state index in [4.69, 9.17) is 0 Å². The summed E-state index contributed by atoms with van der Waals surface area (Å²) in [4.78, 5) is 26.7. The average Bonchev–Trinajstić information content (AvgIpc) is 3.08. The first kappa shape index (κ1) is 20.6. The maximum atomic E-state index is 13.5. The highest BCUT2D eigenvalue weighted by molar-refractivity contribution is 6.20.